The average Bonchev–Trinajstić information content (AvgIpc) is 3.41. The van der Waals surface area contributed by atoms with Crippen LogP contribution in [-0.4, -0.2) is 29.9 Å². The lowest BCUT2D eigenvalue weighted by Crippen LogP contribution is -2.37. The zero-order valence-electron chi connectivity index (χ0n) is 15.9. The lowest BCUT2D eigenvalue weighted by atomic mass is 9.82. The second-order valence-electron chi connectivity index (χ2n) is 7.33. The van der Waals surface area contributed by atoms with Gasteiger partial charge in [-0.15, -0.1) is 0 Å². The third-order valence-corrected chi connectivity index (χ3v) is 7.48. The fourth-order valence-corrected chi connectivity index (χ4v) is 5.80. The van der Waals surface area contributed by atoms with Gasteiger partial charge in [0.1, 0.15) is 5.60 Å². The summed E-state index contributed by atoms with van der Waals surface area (Å²) >= 11 is 0. The van der Waals surface area contributed by atoms with Crippen molar-refractivity contribution in [1.29, 1.82) is 0 Å². The van der Waals surface area contributed by atoms with Gasteiger partial charge in [-0.05, 0) is 37.1 Å². The van der Waals surface area contributed by atoms with Gasteiger partial charge in [0.05, 0.1) is 10.9 Å². The monoisotopic (exact) mass is 393 g/mol. The molecule has 3 aromatic carbocycles. The first-order valence-corrected chi connectivity index (χ1v) is 10.7. The maximum atomic E-state index is 13.3. The van der Waals surface area contributed by atoms with Crippen LogP contribution >= 0.6 is 0 Å². The molecule has 1 aliphatic heterocycles. The molecule has 1 heterocycles. The van der Waals surface area contributed by atoms with Crippen molar-refractivity contribution in [3.8, 4) is 0 Å². The van der Waals surface area contributed by atoms with Gasteiger partial charge >= 0.3 is 0 Å². The fraction of sp³-hybridized carbons (Fsp3) is 0.217. The number of aryl methyl sites for hydroxylation is 1. The van der Waals surface area contributed by atoms with Gasteiger partial charge in [-0.2, -0.15) is 4.31 Å². The van der Waals surface area contributed by atoms with Crippen LogP contribution in [0.3, 0.4) is 0 Å². The predicted octanol–water partition coefficient (Wildman–Crippen LogP) is 3.69. The Morgan fingerprint density at radius 3 is 1.75 bits per heavy atom. The second-order valence-corrected chi connectivity index (χ2v) is 9.18. The largest absolute Gasteiger partial charge is 0.379 e. The summed E-state index contributed by atoms with van der Waals surface area (Å²) in [5, 5.41) is 11.9. The van der Waals surface area contributed by atoms with Crippen molar-refractivity contribution in [2.45, 2.75) is 36.4 Å². The van der Waals surface area contributed by atoms with Crippen LogP contribution in [0, 0.1) is 6.92 Å². The van der Waals surface area contributed by atoms with E-state index in [1.807, 2.05) is 74.5 Å². The van der Waals surface area contributed by atoms with Crippen LogP contribution < -0.4 is 0 Å². The normalized spacial score (nSPS) is 22.0. The third-order valence-electron chi connectivity index (χ3n) is 5.49. The smallest absolute Gasteiger partial charge is 0.243 e. The SMILES string of the molecule is Cc1ccc(S(=O)(=O)N2[C@H](C(O)(c3ccccc3)c3ccccc3)[C@@H]2C)cc1. The molecule has 0 aliphatic carbocycles. The molecule has 1 aliphatic rings. The lowest BCUT2D eigenvalue weighted by Gasteiger charge is -2.30. The summed E-state index contributed by atoms with van der Waals surface area (Å²) in [4.78, 5) is 0.246. The minimum atomic E-state index is -3.71. The van der Waals surface area contributed by atoms with Crippen LogP contribution in [0.1, 0.15) is 23.6 Å². The molecule has 3 aromatic rings. The minimum Gasteiger partial charge on any atom is -0.379 e. The number of rotatable bonds is 5. The van der Waals surface area contributed by atoms with E-state index in [1.54, 1.807) is 24.3 Å². The topological polar surface area (TPSA) is 57.4 Å². The molecule has 28 heavy (non-hydrogen) atoms. The minimum absolute atomic E-state index is 0.246. The molecule has 1 saturated heterocycles. The molecule has 1 N–H and O–H groups in total. The molecule has 0 amide bonds. The standard InChI is InChI=1S/C23H23NO3S/c1-17-13-15-21(16-14-17)28(26,27)24-18(2)22(24)23(25,19-9-5-3-6-10-19)20-11-7-4-8-12-20/h3-16,18,22,25H,1-2H3/t18-,22-,24?/m0/s1. The molecule has 4 rings (SSSR count). The summed E-state index contributed by atoms with van der Waals surface area (Å²) in [6, 6.07) is 24.5. The van der Waals surface area contributed by atoms with E-state index < -0.39 is 21.7 Å². The Balaban J connectivity index is 1.80. The molecule has 0 spiro atoms. The van der Waals surface area contributed by atoms with Crippen molar-refractivity contribution in [3.05, 3.63) is 102 Å². The molecule has 0 radical (unpaired) electrons. The number of nitrogens with zero attached hydrogens (tertiary/aromatic N) is 1. The maximum Gasteiger partial charge on any atom is 0.243 e. The highest BCUT2D eigenvalue weighted by Crippen LogP contribution is 2.49. The summed E-state index contributed by atoms with van der Waals surface area (Å²) in [5.74, 6) is 0. The van der Waals surface area contributed by atoms with E-state index in [2.05, 4.69) is 0 Å². The molecule has 5 heteroatoms. The molecule has 0 aromatic heterocycles. The molecule has 3 atom stereocenters. The number of hydrogen-bond donors (Lipinski definition) is 1. The Kier molecular flexibility index (Phi) is 4.62. The number of hydrogen-bond acceptors (Lipinski definition) is 3. The summed E-state index contributed by atoms with van der Waals surface area (Å²) in [6.45, 7) is 3.76. The zero-order valence-corrected chi connectivity index (χ0v) is 16.7. The molecule has 144 valence electrons. The van der Waals surface area contributed by atoms with Crippen molar-refractivity contribution in [2.24, 2.45) is 0 Å². The number of benzene rings is 3. The van der Waals surface area contributed by atoms with Gasteiger partial charge in [0, 0.05) is 6.04 Å². The van der Waals surface area contributed by atoms with Gasteiger partial charge in [0.2, 0.25) is 10.0 Å². The van der Waals surface area contributed by atoms with Crippen LogP contribution in [-0.2, 0) is 15.6 Å². The van der Waals surface area contributed by atoms with E-state index in [0.717, 1.165) is 5.56 Å². The van der Waals surface area contributed by atoms with Gasteiger partial charge in [-0.25, -0.2) is 8.42 Å². The van der Waals surface area contributed by atoms with Crippen molar-refractivity contribution < 1.29 is 13.5 Å². The van der Waals surface area contributed by atoms with Gasteiger partial charge in [-0.3, -0.25) is 0 Å². The lowest BCUT2D eigenvalue weighted by molar-refractivity contribution is 0.0706. The van der Waals surface area contributed by atoms with E-state index in [-0.39, 0.29) is 10.9 Å². The van der Waals surface area contributed by atoms with Crippen LogP contribution in [0.2, 0.25) is 0 Å². The summed E-state index contributed by atoms with van der Waals surface area (Å²) in [7, 11) is -3.71. The summed E-state index contributed by atoms with van der Waals surface area (Å²) in [5.41, 5.74) is 0.929. The molecule has 1 unspecified atom stereocenters. The van der Waals surface area contributed by atoms with Crippen molar-refractivity contribution in [1.82, 2.24) is 4.31 Å². The maximum absolute atomic E-state index is 13.3. The van der Waals surface area contributed by atoms with Crippen LogP contribution in [0.15, 0.2) is 89.8 Å². The zero-order chi connectivity index (χ0) is 19.9. The molecule has 0 bridgehead atoms. The van der Waals surface area contributed by atoms with Crippen molar-refractivity contribution in [2.75, 3.05) is 0 Å². The van der Waals surface area contributed by atoms with E-state index in [1.165, 1.54) is 4.31 Å². The van der Waals surface area contributed by atoms with Crippen molar-refractivity contribution >= 4 is 10.0 Å². The molecular formula is C23H23NO3S. The first kappa shape index (κ1) is 18.9. The summed E-state index contributed by atoms with van der Waals surface area (Å²) < 4.78 is 27.9. The first-order valence-electron chi connectivity index (χ1n) is 9.30. The average molecular weight is 394 g/mol. The summed E-state index contributed by atoms with van der Waals surface area (Å²) in [6.07, 6.45) is 0. The van der Waals surface area contributed by atoms with Crippen molar-refractivity contribution in [3.63, 3.8) is 0 Å². The molecule has 4 nitrogen and oxygen atoms in total. The van der Waals surface area contributed by atoms with E-state index in [0.29, 0.717) is 11.1 Å². The van der Waals surface area contributed by atoms with Gasteiger partial charge in [0.15, 0.2) is 0 Å². The second kappa shape index (κ2) is 6.85. The van der Waals surface area contributed by atoms with Gasteiger partial charge in [0.25, 0.3) is 0 Å². The Morgan fingerprint density at radius 1 is 0.821 bits per heavy atom. The molecule has 1 fully saturated rings. The predicted molar refractivity (Wildman–Crippen MR) is 109 cm³/mol. The Hall–Kier alpha value is -2.47. The number of sulfonamides is 1. The highest BCUT2D eigenvalue weighted by Gasteiger charge is 2.63. The highest BCUT2D eigenvalue weighted by molar-refractivity contribution is 7.89. The van der Waals surface area contributed by atoms with E-state index in [9.17, 15) is 13.5 Å². The van der Waals surface area contributed by atoms with Gasteiger partial charge < -0.3 is 5.11 Å². The fourth-order valence-electron chi connectivity index (χ4n) is 3.95. The first-order chi connectivity index (χ1) is 13.4. The van der Waals surface area contributed by atoms with Crippen LogP contribution in [0.5, 0.6) is 0 Å². The highest BCUT2D eigenvalue weighted by atomic mass is 32.2. The molecule has 0 saturated carbocycles. The Labute approximate surface area is 166 Å². The van der Waals surface area contributed by atoms with Crippen LogP contribution in [0.4, 0.5) is 0 Å². The Morgan fingerprint density at radius 2 is 1.29 bits per heavy atom. The quantitative estimate of drug-likeness (QED) is 0.673. The van der Waals surface area contributed by atoms with E-state index in [4.69, 9.17) is 0 Å². The molecular weight excluding hydrogens is 370 g/mol. The van der Waals surface area contributed by atoms with Gasteiger partial charge in [-0.1, -0.05) is 78.4 Å². The Bertz CT molecular complexity index is 1020. The third kappa shape index (κ3) is 2.96. The number of aliphatic hydroxyl groups is 1. The van der Waals surface area contributed by atoms with E-state index >= 15 is 0 Å². The van der Waals surface area contributed by atoms with Crippen LogP contribution in [0.25, 0.3) is 0 Å².